The molecule has 2 N–H and O–H groups in total. The van der Waals surface area contributed by atoms with Gasteiger partial charge in [0.15, 0.2) is 0 Å². The van der Waals surface area contributed by atoms with Gasteiger partial charge in [0, 0.05) is 6.61 Å². The zero-order valence-electron chi connectivity index (χ0n) is 6.01. The normalized spacial score (nSPS) is 47.1. The van der Waals surface area contributed by atoms with Crippen molar-refractivity contribution in [2.75, 3.05) is 19.8 Å². The molecule has 2 unspecified atom stereocenters. The van der Waals surface area contributed by atoms with E-state index in [2.05, 4.69) is 0 Å². The first-order chi connectivity index (χ1) is 4.83. The Morgan fingerprint density at radius 1 is 1.50 bits per heavy atom. The molecule has 0 aromatic heterocycles. The van der Waals surface area contributed by atoms with Crippen LogP contribution >= 0.6 is 0 Å². The molecule has 2 heterocycles. The third-order valence-electron chi connectivity index (χ3n) is 2.46. The van der Waals surface area contributed by atoms with Crippen LogP contribution < -0.4 is 5.73 Å². The van der Waals surface area contributed by atoms with Crippen LogP contribution in [0, 0.1) is 0 Å². The Morgan fingerprint density at radius 2 is 2.40 bits per heavy atom. The zero-order chi connectivity index (χ0) is 7.03. The van der Waals surface area contributed by atoms with E-state index in [9.17, 15) is 0 Å². The number of hydrogen-bond acceptors (Lipinski definition) is 3. The standard InChI is InChI=1S/C7H13NO2/c8-6-4-10-7(6)2-1-3-9-5-7/h6H,1-5,8H2. The van der Waals surface area contributed by atoms with Gasteiger partial charge >= 0.3 is 0 Å². The van der Waals surface area contributed by atoms with Gasteiger partial charge in [-0.1, -0.05) is 0 Å². The van der Waals surface area contributed by atoms with E-state index in [-0.39, 0.29) is 11.6 Å². The Labute approximate surface area is 60.5 Å². The summed E-state index contributed by atoms with van der Waals surface area (Å²) in [5.41, 5.74) is 5.70. The molecule has 0 saturated carbocycles. The van der Waals surface area contributed by atoms with Crippen molar-refractivity contribution in [2.24, 2.45) is 5.73 Å². The Hall–Kier alpha value is -0.120. The lowest BCUT2D eigenvalue weighted by Crippen LogP contribution is -2.66. The molecule has 58 valence electrons. The van der Waals surface area contributed by atoms with E-state index in [1.807, 2.05) is 0 Å². The minimum atomic E-state index is -0.0851. The Balaban J connectivity index is 1.99. The lowest BCUT2D eigenvalue weighted by molar-refractivity contribution is -0.217. The fraction of sp³-hybridized carbons (Fsp3) is 1.00. The molecule has 0 aliphatic carbocycles. The van der Waals surface area contributed by atoms with Crippen LogP contribution in [0.3, 0.4) is 0 Å². The van der Waals surface area contributed by atoms with Gasteiger partial charge in [-0.25, -0.2) is 0 Å². The van der Waals surface area contributed by atoms with Crippen molar-refractivity contribution in [3.05, 3.63) is 0 Å². The molecule has 0 aromatic carbocycles. The monoisotopic (exact) mass is 143 g/mol. The molecule has 2 atom stereocenters. The van der Waals surface area contributed by atoms with E-state index in [1.54, 1.807) is 0 Å². The molecule has 2 aliphatic rings. The van der Waals surface area contributed by atoms with Crippen LogP contribution in [0.1, 0.15) is 12.8 Å². The lowest BCUT2D eigenvalue weighted by Gasteiger charge is -2.49. The predicted molar refractivity (Wildman–Crippen MR) is 36.7 cm³/mol. The maximum absolute atomic E-state index is 5.78. The Kier molecular flexibility index (Phi) is 1.44. The number of rotatable bonds is 0. The highest BCUT2D eigenvalue weighted by Gasteiger charge is 2.47. The molecule has 0 radical (unpaired) electrons. The lowest BCUT2D eigenvalue weighted by atomic mass is 9.85. The van der Waals surface area contributed by atoms with Crippen LogP contribution in [0.15, 0.2) is 0 Å². The maximum Gasteiger partial charge on any atom is 0.109 e. The third-order valence-corrected chi connectivity index (χ3v) is 2.46. The van der Waals surface area contributed by atoms with Gasteiger partial charge in [-0.2, -0.15) is 0 Å². The predicted octanol–water partition coefficient (Wildman–Crippen LogP) is -0.107. The third kappa shape index (κ3) is 0.779. The largest absolute Gasteiger partial charge is 0.378 e. The second-order valence-electron chi connectivity index (χ2n) is 3.14. The highest BCUT2D eigenvalue weighted by Crippen LogP contribution is 2.33. The molecule has 2 fully saturated rings. The summed E-state index contributed by atoms with van der Waals surface area (Å²) in [6.07, 6.45) is 2.17. The summed E-state index contributed by atoms with van der Waals surface area (Å²) < 4.78 is 10.7. The Morgan fingerprint density at radius 3 is 2.70 bits per heavy atom. The van der Waals surface area contributed by atoms with Crippen molar-refractivity contribution in [3.8, 4) is 0 Å². The zero-order valence-corrected chi connectivity index (χ0v) is 6.01. The van der Waals surface area contributed by atoms with Crippen molar-refractivity contribution in [1.29, 1.82) is 0 Å². The van der Waals surface area contributed by atoms with Gasteiger partial charge < -0.3 is 15.2 Å². The van der Waals surface area contributed by atoms with Gasteiger partial charge in [0.2, 0.25) is 0 Å². The number of nitrogens with two attached hydrogens (primary N) is 1. The van der Waals surface area contributed by atoms with Crippen LogP contribution in [0.2, 0.25) is 0 Å². The topological polar surface area (TPSA) is 44.5 Å². The first-order valence-corrected chi connectivity index (χ1v) is 3.81. The number of hydrogen-bond donors (Lipinski definition) is 1. The molecule has 2 rings (SSSR count). The molecule has 10 heavy (non-hydrogen) atoms. The van der Waals surface area contributed by atoms with E-state index in [4.69, 9.17) is 15.2 Å². The summed E-state index contributed by atoms with van der Waals surface area (Å²) in [5, 5.41) is 0. The molecule has 0 bridgehead atoms. The van der Waals surface area contributed by atoms with Crippen LogP contribution in [0.4, 0.5) is 0 Å². The fourth-order valence-electron chi connectivity index (χ4n) is 1.61. The van der Waals surface area contributed by atoms with Gasteiger partial charge in [-0.3, -0.25) is 0 Å². The summed E-state index contributed by atoms with van der Waals surface area (Å²) >= 11 is 0. The van der Waals surface area contributed by atoms with Crippen molar-refractivity contribution in [3.63, 3.8) is 0 Å². The van der Waals surface area contributed by atoms with E-state index in [1.165, 1.54) is 0 Å². The smallest absolute Gasteiger partial charge is 0.109 e. The maximum atomic E-state index is 5.78. The molecular weight excluding hydrogens is 130 g/mol. The highest BCUT2D eigenvalue weighted by molar-refractivity contribution is 5.00. The highest BCUT2D eigenvalue weighted by atomic mass is 16.6. The molecule has 2 saturated heterocycles. The fourth-order valence-corrected chi connectivity index (χ4v) is 1.61. The van der Waals surface area contributed by atoms with Crippen molar-refractivity contribution in [2.45, 2.75) is 24.5 Å². The molecular formula is C7H13NO2. The average Bonchev–Trinajstić information content (AvgIpc) is 2.04. The molecule has 0 aromatic rings. The molecule has 0 amide bonds. The summed E-state index contributed by atoms with van der Waals surface area (Å²) in [6, 6.07) is 0.216. The van der Waals surface area contributed by atoms with Crippen LogP contribution in [-0.4, -0.2) is 31.5 Å². The molecule has 1 spiro atoms. The second-order valence-corrected chi connectivity index (χ2v) is 3.14. The average molecular weight is 143 g/mol. The summed E-state index contributed by atoms with van der Waals surface area (Å²) in [7, 11) is 0. The van der Waals surface area contributed by atoms with Gasteiger partial charge in [0.1, 0.15) is 5.60 Å². The van der Waals surface area contributed by atoms with Crippen molar-refractivity contribution in [1.82, 2.24) is 0 Å². The van der Waals surface area contributed by atoms with Gasteiger partial charge in [0.05, 0.1) is 19.3 Å². The summed E-state index contributed by atoms with van der Waals surface area (Å²) in [4.78, 5) is 0. The van der Waals surface area contributed by atoms with Gasteiger partial charge in [-0.05, 0) is 12.8 Å². The van der Waals surface area contributed by atoms with Gasteiger partial charge in [-0.15, -0.1) is 0 Å². The van der Waals surface area contributed by atoms with Crippen LogP contribution in [0.5, 0.6) is 0 Å². The van der Waals surface area contributed by atoms with E-state index >= 15 is 0 Å². The van der Waals surface area contributed by atoms with E-state index in [0.717, 1.165) is 19.4 Å². The number of ether oxygens (including phenoxy) is 2. The van der Waals surface area contributed by atoms with Crippen LogP contribution in [0.25, 0.3) is 0 Å². The van der Waals surface area contributed by atoms with Crippen molar-refractivity contribution < 1.29 is 9.47 Å². The van der Waals surface area contributed by atoms with E-state index < -0.39 is 0 Å². The first kappa shape index (κ1) is 6.58. The van der Waals surface area contributed by atoms with Crippen molar-refractivity contribution >= 4 is 0 Å². The minimum Gasteiger partial charge on any atom is -0.378 e. The summed E-state index contributed by atoms with van der Waals surface area (Å²) in [6.45, 7) is 2.29. The Bertz CT molecular complexity index is 132. The molecule has 2 aliphatic heterocycles. The van der Waals surface area contributed by atoms with E-state index in [0.29, 0.717) is 13.2 Å². The van der Waals surface area contributed by atoms with Crippen LogP contribution in [-0.2, 0) is 9.47 Å². The molecule has 3 nitrogen and oxygen atoms in total. The minimum absolute atomic E-state index is 0.0851. The SMILES string of the molecule is NC1COC12CCCOC2. The first-order valence-electron chi connectivity index (χ1n) is 3.81. The van der Waals surface area contributed by atoms with Gasteiger partial charge in [0.25, 0.3) is 0 Å². The molecule has 3 heteroatoms. The quantitative estimate of drug-likeness (QED) is 0.514. The summed E-state index contributed by atoms with van der Waals surface area (Å²) in [5.74, 6) is 0. The second kappa shape index (κ2) is 2.19.